The summed E-state index contributed by atoms with van der Waals surface area (Å²) in [6, 6.07) is 9.38. The first kappa shape index (κ1) is 15.5. The van der Waals surface area contributed by atoms with Gasteiger partial charge in [0, 0.05) is 6.20 Å². The number of amides is 1. The minimum absolute atomic E-state index is 0.237. The second kappa shape index (κ2) is 6.72. The van der Waals surface area contributed by atoms with Gasteiger partial charge in [-0.05, 0) is 66.0 Å². The van der Waals surface area contributed by atoms with E-state index in [0.29, 0.717) is 11.6 Å². The van der Waals surface area contributed by atoms with Gasteiger partial charge in [-0.15, -0.1) is 0 Å². The summed E-state index contributed by atoms with van der Waals surface area (Å²) in [5.74, 6) is 0.919. The molecule has 1 heterocycles. The second-order valence-electron chi connectivity index (χ2n) is 4.90. The van der Waals surface area contributed by atoms with Crippen molar-refractivity contribution in [3.05, 3.63) is 52.1 Å². The van der Waals surface area contributed by atoms with E-state index in [9.17, 15) is 4.79 Å². The van der Waals surface area contributed by atoms with E-state index >= 15 is 0 Å². The third kappa shape index (κ3) is 4.29. The van der Waals surface area contributed by atoms with Gasteiger partial charge >= 0.3 is 0 Å². The Morgan fingerprint density at radius 3 is 2.57 bits per heavy atom. The Bertz CT molecular complexity index is 641. The summed E-state index contributed by atoms with van der Waals surface area (Å²) in [5.41, 5.74) is 2.16. The van der Waals surface area contributed by atoms with Gasteiger partial charge in [0.1, 0.15) is 11.6 Å². The van der Waals surface area contributed by atoms with E-state index in [1.54, 1.807) is 19.2 Å². The molecular formula is C16H17BrN2O2. The first-order valence-corrected chi connectivity index (χ1v) is 7.41. The predicted molar refractivity (Wildman–Crippen MR) is 86.6 cm³/mol. The monoisotopic (exact) mass is 348 g/mol. The highest BCUT2D eigenvalue weighted by molar-refractivity contribution is 9.10. The van der Waals surface area contributed by atoms with Crippen molar-refractivity contribution >= 4 is 27.7 Å². The van der Waals surface area contributed by atoms with Crippen LogP contribution in [0.1, 0.15) is 18.1 Å². The van der Waals surface area contributed by atoms with E-state index in [4.69, 9.17) is 4.74 Å². The van der Waals surface area contributed by atoms with Gasteiger partial charge in [0.25, 0.3) is 5.91 Å². The molecule has 1 atom stereocenters. The maximum atomic E-state index is 12.1. The van der Waals surface area contributed by atoms with Crippen LogP contribution in [0.15, 0.2) is 41.0 Å². The highest BCUT2D eigenvalue weighted by Crippen LogP contribution is 2.26. The van der Waals surface area contributed by atoms with Gasteiger partial charge in [-0.2, -0.15) is 0 Å². The molecule has 2 rings (SSSR count). The fourth-order valence-corrected chi connectivity index (χ4v) is 2.30. The standard InChI is InChI=1S/C16H17BrN2O2/c1-10-4-6-14(13(17)8-10)21-12(3)16(20)19-15-7-5-11(2)9-18-15/h4-9,12H,1-3H3,(H,18,19,20)/t12-/m0/s1. The van der Waals surface area contributed by atoms with Gasteiger partial charge in [-0.1, -0.05) is 12.1 Å². The molecule has 1 aromatic carbocycles. The average Bonchev–Trinajstić information content (AvgIpc) is 2.44. The van der Waals surface area contributed by atoms with E-state index < -0.39 is 6.10 Å². The molecule has 0 aliphatic carbocycles. The summed E-state index contributed by atoms with van der Waals surface area (Å²) in [6.07, 6.45) is 1.09. The highest BCUT2D eigenvalue weighted by Gasteiger charge is 2.16. The Kier molecular flexibility index (Phi) is 4.96. The molecule has 0 fully saturated rings. The minimum atomic E-state index is -0.618. The molecule has 0 bridgehead atoms. The normalized spacial score (nSPS) is 11.8. The zero-order chi connectivity index (χ0) is 15.4. The Hall–Kier alpha value is -1.88. The number of pyridine rings is 1. The second-order valence-corrected chi connectivity index (χ2v) is 5.76. The Morgan fingerprint density at radius 2 is 1.95 bits per heavy atom. The minimum Gasteiger partial charge on any atom is -0.480 e. The fourth-order valence-electron chi connectivity index (χ4n) is 1.72. The molecule has 0 radical (unpaired) electrons. The van der Waals surface area contributed by atoms with Crippen LogP contribution in [0.3, 0.4) is 0 Å². The third-order valence-electron chi connectivity index (χ3n) is 2.92. The van der Waals surface area contributed by atoms with Crippen molar-refractivity contribution < 1.29 is 9.53 Å². The molecule has 1 amide bonds. The molecule has 0 aliphatic rings. The molecule has 1 N–H and O–H groups in total. The molecule has 21 heavy (non-hydrogen) atoms. The molecule has 0 saturated carbocycles. The van der Waals surface area contributed by atoms with Crippen molar-refractivity contribution in [2.45, 2.75) is 26.9 Å². The number of rotatable bonds is 4. The number of carbonyl (C=O) groups excluding carboxylic acids is 1. The molecular weight excluding hydrogens is 332 g/mol. The number of nitrogens with one attached hydrogen (secondary N) is 1. The summed E-state index contributed by atoms with van der Waals surface area (Å²) < 4.78 is 6.50. The van der Waals surface area contributed by atoms with Crippen LogP contribution in [0.4, 0.5) is 5.82 Å². The van der Waals surface area contributed by atoms with E-state index in [1.807, 2.05) is 38.1 Å². The van der Waals surface area contributed by atoms with Crippen molar-refractivity contribution in [3.8, 4) is 5.75 Å². The summed E-state index contributed by atoms with van der Waals surface area (Å²) in [4.78, 5) is 16.2. The number of hydrogen-bond acceptors (Lipinski definition) is 3. The fraction of sp³-hybridized carbons (Fsp3) is 0.250. The average molecular weight is 349 g/mol. The van der Waals surface area contributed by atoms with E-state index in [-0.39, 0.29) is 5.91 Å². The number of hydrogen-bond donors (Lipinski definition) is 1. The van der Waals surface area contributed by atoms with Crippen molar-refractivity contribution in [2.75, 3.05) is 5.32 Å². The van der Waals surface area contributed by atoms with Crippen LogP contribution in [0.2, 0.25) is 0 Å². The molecule has 110 valence electrons. The van der Waals surface area contributed by atoms with E-state index in [1.165, 1.54) is 0 Å². The topological polar surface area (TPSA) is 51.2 Å². The molecule has 4 nitrogen and oxygen atoms in total. The lowest BCUT2D eigenvalue weighted by Crippen LogP contribution is -2.30. The zero-order valence-electron chi connectivity index (χ0n) is 12.2. The highest BCUT2D eigenvalue weighted by atomic mass is 79.9. The lowest BCUT2D eigenvalue weighted by Gasteiger charge is -2.15. The van der Waals surface area contributed by atoms with Gasteiger partial charge in [0.05, 0.1) is 4.47 Å². The quantitative estimate of drug-likeness (QED) is 0.912. The summed E-state index contributed by atoms with van der Waals surface area (Å²) >= 11 is 3.43. The summed E-state index contributed by atoms with van der Waals surface area (Å²) in [7, 11) is 0. The predicted octanol–water partition coefficient (Wildman–Crippen LogP) is 3.87. The van der Waals surface area contributed by atoms with Crippen molar-refractivity contribution in [3.63, 3.8) is 0 Å². The molecule has 1 aromatic heterocycles. The Morgan fingerprint density at radius 1 is 1.24 bits per heavy atom. The number of nitrogens with zero attached hydrogens (tertiary/aromatic N) is 1. The van der Waals surface area contributed by atoms with Crippen LogP contribution < -0.4 is 10.1 Å². The first-order valence-electron chi connectivity index (χ1n) is 6.62. The number of ether oxygens (including phenoxy) is 1. The SMILES string of the molecule is Cc1ccc(NC(=O)[C@H](C)Oc2ccc(C)cc2Br)nc1. The zero-order valence-corrected chi connectivity index (χ0v) is 13.8. The summed E-state index contributed by atoms with van der Waals surface area (Å²) in [6.45, 7) is 5.64. The van der Waals surface area contributed by atoms with E-state index in [0.717, 1.165) is 15.6 Å². The lowest BCUT2D eigenvalue weighted by atomic mass is 10.2. The van der Waals surface area contributed by atoms with Gasteiger partial charge in [-0.25, -0.2) is 4.98 Å². The molecule has 0 saturated heterocycles. The Labute approximate surface area is 132 Å². The summed E-state index contributed by atoms with van der Waals surface area (Å²) in [5, 5.41) is 2.73. The van der Waals surface area contributed by atoms with Crippen molar-refractivity contribution in [1.29, 1.82) is 0 Å². The largest absolute Gasteiger partial charge is 0.480 e. The number of aryl methyl sites for hydroxylation is 2. The molecule has 0 unspecified atom stereocenters. The van der Waals surface area contributed by atoms with Crippen LogP contribution in [-0.4, -0.2) is 17.0 Å². The molecule has 5 heteroatoms. The Balaban J connectivity index is 2.00. The van der Waals surface area contributed by atoms with Crippen molar-refractivity contribution in [2.24, 2.45) is 0 Å². The van der Waals surface area contributed by atoms with Gasteiger partial charge in [0.2, 0.25) is 0 Å². The van der Waals surface area contributed by atoms with Crippen LogP contribution in [0, 0.1) is 13.8 Å². The van der Waals surface area contributed by atoms with Crippen molar-refractivity contribution in [1.82, 2.24) is 4.98 Å². The van der Waals surface area contributed by atoms with Gasteiger partial charge in [-0.3, -0.25) is 4.79 Å². The van der Waals surface area contributed by atoms with Crippen LogP contribution in [0.5, 0.6) is 5.75 Å². The number of aromatic nitrogens is 1. The number of carbonyl (C=O) groups is 1. The van der Waals surface area contributed by atoms with Crippen LogP contribution in [-0.2, 0) is 4.79 Å². The molecule has 2 aromatic rings. The van der Waals surface area contributed by atoms with Crippen LogP contribution >= 0.6 is 15.9 Å². The molecule has 0 spiro atoms. The smallest absolute Gasteiger partial charge is 0.266 e. The molecule has 0 aliphatic heterocycles. The number of halogens is 1. The van der Waals surface area contributed by atoms with Gasteiger partial charge < -0.3 is 10.1 Å². The van der Waals surface area contributed by atoms with E-state index in [2.05, 4.69) is 26.2 Å². The van der Waals surface area contributed by atoms with Crippen LogP contribution in [0.25, 0.3) is 0 Å². The maximum Gasteiger partial charge on any atom is 0.266 e. The third-order valence-corrected chi connectivity index (χ3v) is 3.54. The van der Waals surface area contributed by atoms with Gasteiger partial charge in [0.15, 0.2) is 6.10 Å². The number of anilines is 1. The maximum absolute atomic E-state index is 12.1. The first-order chi connectivity index (χ1) is 9.95. The number of benzene rings is 1. The lowest BCUT2D eigenvalue weighted by molar-refractivity contribution is -0.122.